The van der Waals surface area contributed by atoms with E-state index < -0.39 is 34.1 Å². The predicted octanol–water partition coefficient (Wildman–Crippen LogP) is 6.71. The second kappa shape index (κ2) is 19.6. The summed E-state index contributed by atoms with van der Waals surface area (Å²) in [6.07, 6.45) is 7.45. The van der Waals surface area contributed by atoms with E-state index in [4.69, 9.17) is 0 Å². The number of rotatable bonds is 11. The standard InChI is InChI=1S/C55H68F2N10O5/c1-35-26-40(28-43(56)51(35)39-14-20-63(21-15-39)36(2)47-29-41-46(11-16-59-52(41)60(47)6)65-33-44(57)45(58-5)30-50(65)68)53(69)64-18-12-37(13-19-64)31-61-22-24-62(25-23-61)32-38-9-10-48-42(27-38)55(3,4)34-67(48,72)49-8-7-17-66(71)54(49)70/h9-11,14,16,26-30,36-37,49-50,58,68H,7-8,12-13,15,17-25,31-32,34H2,1-6H3/q+2/t36-,49?,50?,67?/m0/s1. The quantitative estimate of drug-likeness (QED) is 0.0947. The second-order valence-electron chi connectivity index (χ2n) is 21.6. The molecule has 0 bridgehead atoms. The Morgan fingerprint density at radius 3 is 2.50 bits per heavy atom. The molecule has 3 unspecified atom stereocenters. The number of piperazine rings is 1. The van der Waals surface area contributed by atoms with E-state index in [1.807, 2.05) is 47.7 Å². The van der Waals surface area contributed by atoms with Crippen LogP contribution in [0.3, 0.4) is 0 Å². The Hall–Kier alpha value is -5.78. The molecule has 4 atom stereocenters. The highest BCUT2D eigenvalue weighted by Gasteiger charge is 2.55. The Bertz CT molecular complexity index is 2950. The van der Waals surface area contributed by atoms with E-state index in [9.17, 15) is 29.2 Å². The topological polar surface area (TPSA) is 143 Å². The zero-order valence-electron chi connectivity index (χ0n) is 42.5. The number of halogens is 2. The van der Waals surface area contributed by atoms with Crippen LogP contribution >= 0.6 is 0 Å². The van der Waals surface area contributed by atoms with Gasteiger partial charge in [-0.25, -0.2) is 14.2 Å². The first-order valence-corrected chi connectivity index (χ1v) is 25.7. The lowest BCUT2D eigenvalue weighted by Crippen LogP contribution is -2.59. The van der Waals surface area contributed by atoms with Gasteiger partial charge in [-0.3, -0.25) is 14.6 Å². The fraction of sp³-hybridized carbons (Fsp3) is 0.509. The second-order valence-corrected chi connectivity index (χ2v) is 21.6. The van der Waals surface area contributed by atoms with Crippen LogP contribution in [0.25, 0.3) is 16.6 Å². The first-order valence-electron chi connectivity index (χ1n) is 25.7. The van der Waals surface area contributed by atoms with E-state index in [1.54, 1.807) is 19.3 Å². The van der Waals surface area contributed by atoms with Crippen LogP contribution < -0.4 is 9.96 Å². The lowest BCUT2D eigenvalue weighted by molar-refractivity contribution is -0.515. The fourth-order valence-electron chi connectivity index (χ4n) is 12.5. The SMILES string of the molecule is CNC1=CC(O)[N+](c2ccnc3c2cc([C@H](C)N2CC=C(c4c(C)cc(C(=O)N5CCC(CN6CCN(Cc7ccc8c(c7)C(C)(C)C[N+]8([O-])C7CCC[N+](=O)C7=O)CC6)CC5)cc4F)CC2)n3C)=C=C1F. The molecule has 10 rings (SSSR count). The number of hydroxylamine groups is 2. The van der Waals surface area contributed by atoms with Gasteiger partial charge in [0.1, 0.15) is 17.2 Å². The van der Waals surface area contributed by atoms with E-state index >= 15 is 4.39 Å². The van der Waals surface area contributed by atoms with E-state index in [0.29, 0.717) is 84.3 Å². The smallest absolute Gasteiger partial charge is 0.490 e. The monoisotopic (exact) mass is 987 g/mol. The molecule has 6 aliphatic rings. The highest BCUT2D eigenvalue weighted by atomic mass is 19.1. The van der Waals surface area contributed by atoms with Crippen molar-refractivity contribution >= 4 is 45.7 Å². The molecule has 0 spiro atoms. The number of benzene rings is 2. The maximum atomic E-state index is 16.1. The molecule has 17 heteroatoms. The number of carbonyl (C=O) groups is 2. The predicted molar refractivity (Wildman–Crippen MR) is 273 cm³/mol. The minimum absolute atomic E-state index is 0.0317. The number of nitrogens with one attached hydrogen (secondary N) is 1. The minimum Gasteiger partial charge on any atom is -0.627 e. The minimum atomic E-state index is -1.11. The molecule has 15 nitrogen and oxygen atoms in total. The van der Waals surface area contributed by atoms with Gasteiger partial charge in [-0.1, -0.05) is 26.0 Å². The number of carbonyl (C=O) groups excluding carboxylic acids is 2. The molecule has 4 aromatic rings. The number of aliphatic hydroxyl groups is 1. The number of amides is 2. The Kier molecular flexibility index (Phi) is 13.5. The Labute approximate surface area is 420 Å². The number of aromatic nitrogens is 2. The summed E-state index contributed by atoms with van der Waals surface area (Å²) in [7, 11) is 3.54. The molecule has 72 heavy (non-hydrogen) atoms. The molecule has 2 aromatic carbocycles. The van der Waals surface area contributed by atoms with Crippen molar-refractivity contribution in [2.24, 2.45) is 13.0 Å². The van der Waals surface area contributed by atoms with Gasteiger partial charge in [0.25, 0.3) is 18.0 Å². The van der Waals surface area contributed by atoms with Gasteiger partial charge in [-0.15, -0.1) is 4.58 Å². The van der Waals surface area contributed by atoms with Crippen molar-refractivity contribution in [3.05, 3.63) is 122 Å². The highest BCUT2D eigenvalue weighted by molar-refractivity contribution is 5.95. The normalized spacial score (nSPS) is 25.0. The van der Waals surface area contributed by atoms with Crippen LogP contribution in [-0.4, -0.2) is 153 Å². The summed E-state index contributed by atoms with van der Waals surface area (Å²) < 4.78 is 34.0. The van der Waals surface area contributed by atoms with Gasteiger partial charge in [0.2, 0.25) is 24.1 Å². The zero-order valence-corrected chi connectivity index (χ0v) is 42.5. The zero-order chi connectivity index (χ0) is 50.8. The highest BCUT2D eigenvalue weighted by Crippen LogP contribution is 2.48. The maximum absolute atomic E-state index is 16.1. The molecule has 6 aliphatic heterocycles. The molecule has 0 radical (unpaired) electrons. The van der Waals surface area contributed by atoms with E-state index in [1.165, 1.54) is 16.7 Å². The van der Waals surface area contributed by atoms with Crippen molar-refractivity contribution in [1.29, 1.82) is 0 Å². The molecule has 380 valence electrons. The van der Waals surface area contributed by atoms with Gasteiger partial charge < -0.3 is 34.6 Å². The third-order valence-corrected chi connectivity index (χ3v) is 16.6. The molecule has 0 aliphatic carbocycles. The van der Waals surface area contributed by atoms with Gasteiger partial charge in [-0.05, 0) is 80.0 Å². The van der Waals surface area contributed by atoms with Gasteiger partial charge in [0.15, 0.2) is 0 Å². The number of nitroso groups, excluding NO2 is 1. The first-order chi connectivity index (χ1) is 34.4. The van der Waals surface area contributed by atoms with Gasteiger partial charge in [0.05, 0.1) is 22.4 Å². The molecule has 0 saturated carbocycles. The number of piperidine rings is 2. The Morgan fingerprint density at radius 1 is 1.04 bits per heavy atom. The summed E-state index contributed by atoms with van der Waals surface area (Å²) in [5.41, 5.74) is 7.43. The summed E-state index contributed by atoms with van der Waals surface area (Å²) in [6, 6.07) is 12.2. The number of likely N-dealkylation sites (tertiary alicyclic amines) is 1. The van der Waals surface area contributed by atoms with Crippen molar-refractivity contribution in [3.63, 3.8) is 0 Å². The van der Waals surface area contributed by atoms with Crippen LogP contribution in [0.2, 0.25) is 0 Å². The number of pyridine rings is 1. The number of hydrogen-bond donors (Lipinski definition) is 2. The number of aryl methyl sites for hydroxylation is 2. The molecular formula is C55H68F2N10O5+2. The lowest BCUT2D eigenvalue weighted by atomic mass is 9.86. The number of quaternary nitrogens is 1. The third-order valence-electron chi connectivity index (χ3n) is 16.6. The van der Waals surface area contributed by atoms with Crippen LogP contribution in [0.4, 0.5) is 20.2 Å². The number of nitrogens with zero attached hydrogens (tertiary/aromatic N) is 9. The average molecular weight is 987 g/mol. The molecule has 3 saturated heterocycles. The van der Waals surface area contributed by atoms with Crippen molar-refractivity contribution < 1.29 is 32.8 Å². The largest absolute Gasteiger partial charge is 0.627 e. The third kappa shape index (κ3) is 9.18. The van der Waals surface area contributed by atoms with Crippen molar-refractivity contribution in [1.82, 2.24) is 39.1 Å². The molecule has 8 heterocycles. The average Bonchev–Trinajstić information content (AvgIpc) is 3.81. The van der Waals surface area contributed by atoms with Gasteiger partial charge in [0, 0.05) is 156 Å². The number of likely N-dealkylation sites (N-methyl/N-ethyl adjacent to an activating group) is 1. The molecule has 3 fully saturated rings. The van der Waals surface area contributed by atoms with E-state index in [0.717, 1.165) is 85.5 Å². The lowest BCUT2D eigenvalue weighted by Gasteiger charge is -2.44. The Morgan fingerprint density at radius 2 is 1.79 bits per heavy atom. The number of hydrogen-bond acceptors (Lipinski definition) is 10. The molecule has 2 N–H and O–H groups in total. The summed E-state index contributed by atoms with van der Waals surface area (Å²) in [5, 5.41) is 28.7. The molecule has 2 amide bonds. The fourth-order valence-corrected chi connectivity index (χ4v) is 12.5. The van der Waals surface area contributed by atoms with Crippen LogP contribution in [0, 0.1) is 28.8 Å². The molecule has 2 aromatic heterocycles. The van der Waals surface area contributed by atoms with Gasteiger partial charge >= 0.3 is 5.91 Å². The molecular weight excluding hydrogens is 919 g/mol. The van der Waals surface area contributed by atoms with Crippen LogP contribution in [0.1, 0.15) is 97.2 Å². The number of allylic oxidation sites excluding steroid dienone is 1. The van der Waals surface area contributed by atoms with E-state index in [-0.39, 0.29) is 36.6 Å². The van der Waals surface area contributed by atoms with Crippen LogP contribution in [-0.2, 0) is 23.8 Å². The first kappa shape index (κ1) is 49.8. The summed E-state index contributed by atoms with van der Waals surface area (Å²) in [5.74, 6) is 1.46. The van der Waals surface area contributed by atoms with Crippen molar-refractivity contribution in [2.45, 2.75) is 90.1 Å². The number of fused-ring (bicyclic) bond motifs is 2. The van der Waals surface area contributed by atoms with Crippen molar-refractivity contribution in [2.75, 3.05) is 79.0 Å². The van der Waals surface area contributed by atoms with Crippen LogP contribution in [0.15, 0.2) is 72.3 Å². The summed E-state index contributed by atoms with van der Waals surface area (Å²) >= 11 is 0. The van der Waals surface area contributed by atoms with Crippen molar-refractivity contribution in [3.8, 4) is 0 Å². The van der Waals surface area contributed by atoms with Gasteiger partial charge in [-0.2, -0.15) is 4.39 Å². The number of aliphatic hydroxyl groups excluding tert-OH is 1. The summed E-state index contributed by atoms with van der Waals surface area (Å²) in [4.78, 5) is 52.7. The van der Waals surface area contributed by atoms with E-state index in [2.05, 4.69) is 63.8 Å². The summed E-state index contributed by atoms with van der Waals surface area (Å²) in [6.45, 7) is 16.7. The Balaban J connectivity index is 0.710. The maximum Gasteiger partial charge on any atom is 0.490 e. The van der Waals surface area contributed by atoms with Crippen LogP contribution in [0.5, 0.6) is 0 Å².